The SMILES string of the molecule is CCS(=O)(=NC)c1nn2c(C3CC3)ccnc2c1-c1nc2cc(C(F)(F)F)nnc2n1C. The van der Waals surface area contributed by atoms with Crippen molar-refractivity contribution in [3.8, 4) is 11.4 Å². The summed E-state index contributed by atoms with van der Waals surface area (Å²) in [7, 11) is 0.168. The lowest BCUT2D eigenvalue weighted by atomic mass is 10.2. The number of aromatic nitrogens is 7. The topological polar surface area (TPSA) is 103 Å². The Morgan fingerprint density at radius 2 is 2.00 bits per heavy atom. The highest BCUT2D eigenvalue weighted by Crippen LogP contribution is 2.41. The van der Waals surface area contributed by atoms with E-state index in [-0.39, 0.29) is 27.8 Å². The van der Waals surface area contributed by atoms with E-state index in [4.69, 9.17) is 0 Å². The second kappa shape index (κ2) is 6.95. The summed E-state index contributed by atoms with van der Waals surface area (Å²) in [6.45, 7) is 1.74. The molecule has 13 heteroatoms. The van der Waals surface area contributed by atoms with Gasteiger partial charge in [-0.2, -0.15) is 18.3 Å². The number of hydrogen-bond donors (Lipinski definition) is 0. The Bertz CT molecular complexity index is 1490. The molecule has 1 fully saturated rings. The minimum Gasteiger partial charge on any atom is -0.310 e. The maximum atomic E-state index is 13.6. The summed E-state index contributed by atoms with van der Waals surface area (Å²) in [5, 5.41) is 11.9. The number of halogens is 3. The lowest BCUT2D eigenvalue weighted by molar-refractivity contribution is -0.141. The van der Waals surface area contributed by atoms with Gasteiger partial charge in [0, 0.05) is 43.7 Å². The standard InChI is InChI=1S/C19H19F3N8OS/c1-4-32(31,23-2)18-14(16-24-8-7-12(10-5-6-10)30(16)28-18)17-25-11-9-13(19(20,21)22)26-27-15(11)29(17)3/h7-10H,4-6H2,1-3H3. The average Bonchev–Trinajstić information content (AvgIpc) is 3.47. The molecule has 0 aromatic carbocycles. The molecule has 1 saturated carbocycles. The first-order chi connectivity index (χ1) is 15.2. The third-order valence-corrected chi connectivity index (χ3v) is 7.89. The Morgan fingerprint density at radius 1 is 1.25 bits per heavy atom. The molecule has 0 N–H and O–H groups in total. The van der Waals surface area contributed by atoms with Gasteiger partial charge in [0.2, 0.25) is 0 Å². The molecular weight excluding hydrogens is 445 g/mol. The second-order valence-electron chi connectivity index (χ2n) is 7.60. The van der Waals surface area contributed by atoms with Crippen molar-refractivity contribution >= 4 is 26.5 Å². The molecule has 0 bridgehead atoms. The van der Waals surface area contributed by atoms with Crippen LogP contribution >= 0.6 is 0 Å². The van der Waals surface area contributed by atoms with E-state index in [1.165, 1.54) is 11.6 Å². The predicted octanol–water partition coefficient (Wildman–Crippen LogP) is 3.45. The monoisotopic (exact) mass is 464 g/mol. The fourth-order valence-electron chi connectivity index (χ4n) is 3.75. The summed E-state index contributed by atoms with van der Waals surface area (Å²) in [4.78, 5) is 8.87. The van der Waals surface area contributed by atoms with Gasteiger partial charge in [-0.1, -0.05) is 6.92 Å². The minimum atomic E-state index is -4.65. The van der Waals surface area contributed by atoms with E-state index in [0.717, 1.165) is 24.6 Å². The summed E-state index contributed by atoms with van der Waals surface area (Å²) >= 11 is 0. The molecule has 4 aromatic heterocycles. The number of nitrogens with zero attached hydrogens (tertiary/aromatic N) is 8. The second-order valence-corrected chi connectivity index (χ2v) is 10.2. The average molecular weight is 464 g/mol. The Morgan fingerprint density at radius 3 is 2.62 bits per heavy atom. The lowest BCUT2D eigenvalue weighted by Gasteiger charge is -2.06. The van der Waals surface area contributed by atoms with Gasteiger partial charge in [-0.05, 0) is 18.9 Å². The van der Waals surface area contributed by atoms with Gasteiger partial charge in [0.25, 0.3) is 0 Å². The maximum Gasteiger partial charge on any atom is 0.435 e. The summed E-state index contributed by atoms with van der Waals surface area (Å²) in [6.07, 6.45) is -0.952. The molecule has 0 saturated heterocycles. The largest absolute Gasteiger partial charge is 0.435 e. The number of hydrogen-bond acceptors (Lipinski definition) is 7. The fraction of sp³-hybridized carbons (Fsp3) is 0.421. The summed E-state index contributed by atoms with van der Waals surface area (Å²) in [5.41, 5.74) is 0.785. The van der Waals surface area contributed by atoms with Crippen LogP contribution in [-0.4, -0.2) is 51.4 Å². The third-order valence-electron chi connectivity index (χ3n) is 5.63. The van der Waals surface area contributed by atoms with Gasteiger partial charge in [-0.3, -0.25) is 0 Å². The van der Waals surface area contributed by atoms with Crippen molar-refractivity contribution in [3.63, 3.8) is 0 Å². The Labute approximate surface area is 180 Å². The van der Waals surface area contributed by atoms with Gasteiger partial charge >= 0.3 is 6.18 Å². The van der Waals surface area contributed by atoms with Gasteiger partial charge in [0.05, 0.1) is 15.3 Å². The van der Waals surface area contributed by atoms with Crippen LogP contribution in [0.25, 0.3) is 28.2 Å². The molecule has 9 nitrogen and oxygen atoms in total. The first kappa shape index (κ1) is 20.8. The molecule has 1 aliphatic carbocycles. The molecule has 0 amide bonds. The Balaban J connectivity index is 1.86. The van der Waals surface area contributed by atoms with E-state index in [1.54, 1.807) is 24.7 Å². The van der Waals surface area contributed by atoms with Crippen LogP contribution in [0, 0.1) is 0 Å². The van der Waals surface area contributed by atoms with Gasteiger partial charge in [-0.15, -0.1) is 10.2 Å². The van der Waals surface area contributed by atoms with Gasteiger partial charge in [-0.25, -0.2) is 23.1 Å². The van der Waals surface area contributed by atoms with Crippen molar-refractivity contribution < 1.29 is 17.4 Å². The van der Waals surface area contributed by atoms with E-state index in [1.807, 2.05) is 6.07 Å². The lowest BCUT2D eigenvalue weighted by Crippen LogP contribution is -2.09. The Hall–Kier alpha value is -3.09. The number of alkyl halides is 3. The molecule has 0 radical (unpaired) electrons. The van der Waals surface area contributed by atoms with Crippen LogP contribution in [0.15, 0.2) is 27.7 Å². The van der Waals surface area contributed by atoms with Crippen LogP contribution in [0.3, 0.4) is 0 Å². The van der Waals surface area contributed by atoms with E-state index in [0.29, 0.717) is 17.1 Å². The van der Waals surface area contributed by atoms with Crippen molar-refractivity contribution in [1.82, 2.24) is 34.3 Å². The Kier molecular flexibility index (Phi) is 4.52. The number of rotatable bonds is 4. The zero-order valence-electron chi connectivity index (χ0n) is 17.5. The maximum absolute atomic E-state index is 13.6. The normalized spacial score (nSPS) is 16.6. The van der Waals surface area contributed by atoms with Crippen LogP contribution in [0.1, 0.15) is 37.1 Å². The van der Waals surface area contributed by atoms with Crippen LogP contribution in [0.5, 0.6) is 0 Å². The molecular formula is C19H19F3N8OS. The first-order valence-electron chi connectivity index (χ1n) is 9.96. The van der Waals surface area contributed by atoms with Crippen molar-refractivity contribution in [3.05, 3.63) is 29.7 Å². The minimum absolute atomic E-state index is 0.0184. The van der Waals surface area contributed by atoms with Crippen molar-refractivity contribution in [1.29, 1.82) is 0 Å². The van der Waals surface area contributed by atoms with E-state index in [2.05, 4.69) is 29.6 Å². The summed E-state index contributed by atoms with van der Waals surface area (Å²) in [5.74, 6) is 0.795. The fourth-order valence-corrected chi connectivity index (χ4v) is 5.17. The van der Waals surface area contributed by atoms with Crippen LogP contribution in [0.4, 0.5) is 13.2 Å². The number of aryl methyl sites for hydroxylation is 1. The van der Waals surface area contributed by atoms with Gasteiger partial charge in [0.1, 0.15) is 11.3 Å². The highest BCUT2D eigenvalue weighted by atomic mass is 32.2. The summed E-state index contributed by atoms with van der Waals surface area (Å²) in [6, 6.07) is 2.72. The summed E-state index contributed by atoms with van der Waals surface area (Å²) < 4.78 is 60.3. The molecule has 32 heavy (non-hydrogen) atoms. The molecule has 1 aliphatic rings. The molecule has 1 atom stereocenters. The third kappa shape index (κ3) is 3.05. The van der Waals surface area contributed by atoms with Crippen LogP contribution in [0.2, 0.25) is 0 Å². The van der Waals surface area contributed by atoms with Gasteiger partial charge in [0.15, 0.2) is 22.0 Å². The molecule has 0 aliphatic heterocycles. The van der Waals surface area contributed by atoms with E-state index in [9.17, 15) is 17.4 Å². The molecule has 1 unspecified atom stereocenters. The van der Waals surface area contributed by atoms with E-state index < -0.39 is 21.6 Å². The molecule has 5 rings (SSSR count). The van der Waals surface area contributed by atoms with Gasteiger partial charge < -0.3 is 4.57 Å². The quantitative estimate of drug-likeness (QED) is 0.458. The van der Waals surface area contributed by atoms with Crippen LogP contribution in [-0.2, 0) is 23.0 Å². The van der Waals surface area contributed by atoms with Crippen molar-refractivity contribution in [2.45, 2.75) is 36.9 Å². The highest BCUT2D eigenvalue weighted by molar-refractivity contribution is 7.93. The van der Waals surface area contributed by atoms with Crippen LogP contribution < -0.4 is 0 Å². The molecule has 168 valence electrons. The number of imidazole rings is 1. The zero-order valence-corrected chi connectivity index (χ0v) is 18.3. The molecule has 4 heterocycles. The number of fused-ring (bicyclic) bond motifs is 2. The zero-order chi connectivity index (χ0) is 22.8. The van der Waals surface area contributed by atoms with E-state index >= 15 is 0 Å². The van der Waals surface area contributed by atoms with Crippen molar-refractivity contribution in [2.75, 3.05) is 12.8 Å². The molecule has 4 aromatic rings. The first-order valence-corrected chi connectivity index (χ1v) is 11.6. The molecule has 0 spiro atoms. The predicted molar refractivity (Wildman–Crippen MR) is 111 cm³/mol. The highest BCUT2D eigenvalue weighted by Gasteiger charge is 2.35. The smallest absolute Gasteiger partial charge is 0.310 e. The van der Waals surface area contributed by atoms with Crippen molar-refractivity contribution in [2.24, 2.45) is 11.4 Å².